The lowest BCUT2D eigenvalue weighted by molar-refractivity contribution is 1.05. The standard InChI is InChI=1S/C51H37N3/c1-5-16-36(17-6-1)40-24-13-26-42(32-40)43-27-15-29-46(34-43)50-52-49(45-28-14-25-41(33-45)37-18-7-2-8-19-37)53-51(54-50)47-31-30-44(38-20-9-3-10-21-38)35-48(47)39-22-11-4-12-23-39/h1-9,11-20,22-35H,10,21H2. The minimum Gasteiger partial charge on any atom is -0.208 e. The van der Waals surface area contributed by atoms with E-state index in [1.54, 1.807) is 0 Å². The lowest BCUT2D eigenvalue weighted by atomic mass is 9.91. The van der Waals surface area contributed by atoms with Crippen molar-refractivity contribution < 1.29 is 0 Å². The Kier molecular flexibility index (Phi) is 9.11. The van der Waals surface area contributed by atoms with Gasteiger partial charge in [0.1, 0.15) is 0 Å². The first-order valence-corrected chi connectivity index (χ1v) is 18.5. The summed E-state index contributed by atoms with van der Waals surface area (Å²) >= 11 is 0. The maximum absolute atomic E-state index is 5.26. The average Bonchev–Trinajstić information content (AvgIpc) is 3.27. The second kappa shape index (κ2) is 14.9. The fraction of sp³-hybridized carbons (Fsp3) is 0.0392. The molecule has 9 rings (SSSR count). The van der Waals surface area contributed by atoms with E-state index in [1.165, 1.54) is 22.3 Å². The van der Waals surface area contributed by atoms with E-state index in [4.69, 9.17) is 15.0 Å². The molecule has 0 atom stereocenters. The molecule has 0 spiro atoms. The Bertz CT molecular complexity index is 2640. The zero-order chi connectivity index (χ0) is 36.1. The van der Waals surface area contributed by atoms with Crippen molar-refractivity contribution in [2.45, 2.75) is 12.8 Å². The van der Waals surface area contributed by atoms with E-state index < -0.39 is 0 Å². The van der Waals surface area contributed by atoms with Crippen LogP contribution in [0.4, 0.5) is 0 Å². The number of allylic oxidation sites excluding steroid dienone is 4. The molecule has 0 saturated carbocycles. The largest absolute Gasteiger partial charge is 0.208 e. The van der Waals surface area contributed by atoms with Crippen molar-refractivity contribution in [3.05, 3.63) is 206 Å². The third-order valence-electron chi connectivity index (χ3n) is 10.0. The molecular weight excluding hydrogens is 655 g/mol. The van der Waals surface area contributed by atoms with E-state index in [2.05, 4.69) is 194 Å². The summed E-state index contributed by atoms with van der Waals surface area (Å²) in [5.41, 5.74) is 14.5. The van der Waals surface area contributed by atoms with Crippen LogP contribution in [-0.4, -0.2) is 15.0 Å². The molecule has 1 aliphatic carbocycles. The summed E-state index contributed by atoms with van der Waals surface area (Å²) in [5.74, 6) is 1.90. The number of hydrogen-bond acceptors (Lipinski definition) is 3. The first kappa shape index (κ1) is 32.9. The fourth-order valence-corrected chi connectivity index (χ4v) is 7.21. The van der Waals surface area contributed by atoms with Crippen molar-refractivity contribution in [1.29, 1.82) is 0 Å². The first-order chi connectivity index (χ1) is 26.7. The number of rotatable bonds is 8. The molecule has 3 heteroatoms. The molecule has 256 valence electrons. The van der Waals surface area contributed by atoms with Crippen LogP contribution in [0.25, 0.3) is 84.2 Å². The summed E-state index contributed by atoms with van der Waals surface area (Å²) in [6.45, 7) is 0. The molecule has 8 aromatic rings. The highest BCUT2D eigenvalue weighted by atomic mass is 15.0. The highest BCUT2D eigenvalue weighted by Crippen LogP contribution is 2.37. The second-order valence-corrected chi connectivity index (χ2v) is 13.6. The minimum absolute atomic E-state index is 0.629. The van der Waals surface area contributed by atoms with Gasteiger partial charge < -0.3 is 0 Å². The predicted octanol–water partition coefficient (Wildman–Crippen LogP) is 13.3. The van der Waals surface area contributed by atoms with E-state index in [1.807, 2.05) is 6.07 Å². The quantitative estimate of drug-likeness (QED) is 0.159. The molecule has 1 aliphatic rings. The van der Waals surface area contributed by atoms with Gasteiger partial charge >= 0.3 is 0 Å². The Morgan fingerprint density at radius 2 is 0.759 bits per heavy atom. The number of nitrogens with zero attached hydrogens (tertiary/aromatic N) is 3. The molecule has 0 radical (unpaired) electrons. The maximum atomic E-state index is 5.26. The molecule has 0 fully saturated rings. The molecule has 0 N–H and O–H groups in total. The van der Waals surface area contributed by atoms with Crippen molar-refractivity contribution in [2.24, 2.45) is 0 Å². The lowest BCUT2D eigenvalue weighted by Gasteiger charge is -2.16. The van der Waals surface area contributed by atoms with Crippen LogP contribution in [0.2, 0.25) is 0 Å². The van der Waals surface area contributed by atoms with Crippen molar-refractivity contribution in [2.75, 3.05) is 0 Å². The second-order valence-electron chi connectivity index (χ2n) is 13.6. The summed E-state index contributed by atoms with van der Waals surface area (Å²) in [5, 5.41) is 0. The zero-order valence-corrected chi connectivity index (χ0v) is 29.8. The molecule has 1 heterocycles. The van der Waals surface area contributed by atoms with Crippen LogP contribution in [-0.2, 0) is 0 Å². The smallest absolute Gasteiger partial charge is 0.164 e. The van der Waals surface area contributed by atoms with Crippen molar-refractivity contribution in [3.63, 3.8) is 0 Å². The fourth-order valence-electron chi connectivity index (χ4n) is 7.21. The van der Waals surface area contributed by atoms with Gasteiger partial charge in [-0.15, -0.1) is 0 Å². The van der Waals surface area contributed by atoms with Crippen molar-refractivity contribution in [1.82, 2.24) is 15.0 Å². The van der Waals surface area contributed by atoms with E-state index in [-0.39, 0.29) is 0 Å². The van der Waals surface area contributed by atoms with Crippen molar-refractivity contribution in [3.8, 4) is 78.7 Å². The van der Waals surface area contributed by atoms with E-state index >= 15 is 0 Å². The summed E-state index contributed by atoms with van der Waals surface area (Å²) in [7, 11) is 0. The Morgan fingerprint density at radius 1 is 0.315 bits per heavy atom. The molecule has 0 aliphatic heterocycles. The number of benzene rings is 7. The number of aromatic nitrogens is 3. The summed E-state index contributed by atoms with van der Waals surface area (Å²) < 4.78 is 0. The monoisotopic (exact) mass is 691 g/mol. The van der Waals surface area contributed by atoms with Crippen LogP contribution in [0.1, 0.15) is 18.4 Å². The van der Waals surface area contributed by atoms with E-state index in [0.29, 0.717) is 17.5 Å². The summed E-state index contributed by atoms with van der Waals surface area (Å²) in [6, 6.07) is 63.9. The van der Waals surface area contributed by atoms with Gasteiger partial charge in [0, 0.05) is 16.7 Å². The maximum Gasteiger partial charge on any atom is 0.164 e. The van der Waals surface area contributed by atoms with E-state index in [0.717, 1.165) is 62.9 Å². The first-order valence-electron chi connectivity index (χ1n) is 18.5. The van der Waals surface area contributed by atoms with Gasteiger partial charge in [0.2, 0.25) is 0 Å². The topological polar surface area (TPSA) is 38.7 Å². The molecule has 0 unspecified atom stereocenters. The Balaban J connectivity index is 1.21. The molecule has 3 nitrogen and oxygen atoms in total. The molecule has 7 aromatic carbocycles. The highest BCUT2D eigenvalue weighted by molar-refractivity contribution is 5.86. The molecule has 0 amide bonds. The molecule has 1 aromatic heterocycles. The van der Waals surface area contributed by atoms with Crippen molar-refractivity contribution >= 4 is 5.57 Å². The van der Waals surface area contributed by atoms with Gasteiger partial charge in [0.15, 0.2) is 17.5 Å². The molecule has 0 bridgehead atoms. The van der Waals surface area contributed by atoms with Gasteiger partial charge in [-0.25, -0.2) is 15.0 Å². The molecule has 54 heavy (non-hydrogen) atoms. The number of hydrogen-bond donors (Lipinski definition) is 0. The normalized spacial score (nSPS) is 12.3. The van der Waals surface area contributed by atoms with Gasteiger partial charge in [-0.2, -0.15) is 0 Å². The van der Waals surface area contributed by atoms with E-state index in [9.17, 15) is 0 Å². The van der Waals surface area contributed by atoms with Crippen LogP contribution in [0.3, 0.4) is 0 Å². The summed E-state index contributed by atoms with van der Waals surface area (Å²) in [6.07, 6.45) is 8.69. The lowest BCUT2D eigenvalue weighted by Crippen LogP contribution is -2.02. The molecule has 0 saturated heterocycles. The Labute approximate surface area is 316 Å². The zero-order valence-electron chi connectivity index (χ0n) is 29.8. The summed E-state index contributed by atoms with van der Waals surface area (Å²) in [4.78, 5) is 15.7. The van der Waals surface area contributed by atoms with Gasteiger partial charge in [0.25, 0.3) is 0 Å². The van der Waals surface area contributed by atoms with Crippen LogP contribution in [0, 0.1) is 0 Å². The SMILES string of the molecule is C1=CCCC(c2ccc(-c3nc(-c4cccc(-c5ccccc5)c4)nc(-c4cccc(-c5cccc(-c6ccccc6)c5)c4)n3)c(-c3ccccc3)c2)=C1. The van der Waals surface area contributed by atoms with Gasteiger partial charge in [-0.3, -0.25) is 0 Å². The third kappa shape index (κ3) is 6.96. The van der Waals surface area contributed by atoms with Crippen LogP contribution < -0.4 is 0 Å². The highest BCUT2D eigenvalue weighted by Gasteiger charge is 2.18. The van der Waals surface area contributed by atoms with Crippen LogP contribution in [0.15, 0.2) is 200 Å². The van der Waals surface area contributed by atoms with Gasteiger partial charge in [-0.1, -0.05) is 170 Å². The predicted molar refractivity (Wildman–Crippen MR) is 224 cm³/mol. The van der Waals surface area contributed by atoms with Gasteiger partial charge in [0.05, 0.1) is 0 Å². The Hall–Kier alpha value is -6.97. The van der Waals surface area contributed by atoms with Gasteiger partial charge in [-0.05, 0) is 98.8 Å². The third-order valence-corrected chi connectivity index (χ3v) is 10.0. The Morgan fingerprint density at radius 3 is 1.28 bits per heavy atom. The average molecular weight is 692 g/mol. The van der Waals surface area contributed by atoms with Crippen LogP contribution >= 0.6 is 0 Å². The molecular formula is C51H37N3. The van der Waals surface area contributed by atoms with Crippen LogP contribution in [0.5, 0.6) is 0 Å². The minimum atomic E-state index is 0.629.